The number of carboxylic acid groups (broad SMARTS) is 1. The first-order valence-corrected chi connectivity index (χ1v) is 9.56. The molecule has 2 aromatic rings. The van der Waals surface area contributed by atoms with Crippen molar-refractivity contribution in [3.8, 4) is 0 Å². The first kappa shape index (κ1) is 17.7. The van der Waals surface area contributed by atoms with Crippen molar-refractivity contribution in [1.29, 1.82) is 0 Å². The molecule has 0 saturated carbocycles. The Morgan fingerprint density at radius 3 is 2.96 bits per heavy atom. The van der Waals surface area contributed by atoms with Crippen molar-refractivity contribution in [2.45, 2.75) is 11.4 Å². The van der Waals surface area contributed by atoms with Crippen molar-refractivity contribution in [2.24, 2.45) is 0 Å². The lowest BCUT2D eigenvalue weighted by molar-refractivity contribution is -0.150. The number of carbonyl (C=O) groups excluding carboxylic acids is 2. The Balaban J connectivity index is 1.39. The van der Waals surface area contributed by atoms with Crippen molar-refractivity contribution in [3.63, 3.8) is 0 Å². The van der Waals surface area contributed by atoms with Gasteiger partial charge in [-0.15, -0.1) is 11.8 Å². The van der Waals surface area contributed by atoms with E-state index in [0.717, 1.165) is 21.5 Å². The molecule has 1 aromatic carbocycles. The number of H-pyrrole nitrogens is 1. The van der Waals surface area contributed by atoms with Crippen LogP contribution in [0.5, 0.6) is 0 Å². The lowest BCUT2D eigenvalue weighted by Crippen LogP contribution is -2.70. The van der Waals surface area contributed by atoms with E-state index in [4.69, 9.17) is 11.6 Å². The van der Waals surface area contributed by atoms with Crippen LogP contribution >= 0.6 is 23.4 Å². The number of rotatable bonds is 5. The fraction of sp³-hybridized carbons (Fsp3) is 0.235. The van der Waals surface area contributed by atoms with Gasteiger partial charge in [-0.05, 0) is 18.2 Å². The molecule has 0 radical (unpaired) electrons. The van der Waals surface area contributed by atoms with Crippen molar-refractivity contribution < 1.29 is 19.5 Å². The molecule has 27 heavy (non-hydrogen) atoms. The van der Waals surface area contributed by atoms with E-state index in [1.54, 1.807) is 0 Å². The van der Waals surface area contributed by atoms with Crippen LogP contribution in [0.2, 0.25) is 0 Å². The molecule has 10 heteroatoms. The highest BCUT2D eigenvalue weighted by atomic mass is 35.5. The molecule has 4 N–H and O–H groups in total. The Morgan fingerprint density at radius 2 is 2.19 bits per heavy atom. The number of hydrogen-bond donors (Lipinski definition) is 4. The predicted molar refractivity (Wildman–Crippen MR) is 102 cm³/mol. The summed E-state index contributed by atoms with van der Waals surface area (Å²) in [6.45, 7) is -0.00611. The molecule has 1 saturated heterocycles. The molecular weight excluding hydrogens is 392 g/mol. The minimum absolute atomic E-state index is 0.00611. The number of nitrogens with one attached hydrogen (secondary N) is 3. The average Bonchev–Trinajstić information content (AvgIpc) is 3.13. The van der Waals surface area contributed by atoms with Gasteiger partial charge in [-0.3, -0.25) is 14.5 Å². The highest BCUT2D eigenvalue weighted by Gasteiger charge is 2.54. The third-order valence-corrected chi connectivity index (χ3v) is 6.23. The number of carbonyl (C=O) groups is 3. The topological polar surface area (TPSA) is 115 Å². The zero-order chi connectivity index (χ0) is 19.1. The number of aromatic nitrogens is 1. The van der Waals surface area contributed by atoms with Crippen LogP contribution in [0, 0.1) is 0 Å². The molecule has 4 rings (SSSR count). The number of aromatic amines is 1. The predicted octanol–water partition coefficient (Wildman–Crippen LogP) is 1.51. The second kappa shape index (κ2) is 6.82. The molecule has 2 aliphatic rings. The highest BCUT2D eigenvalue weighted by Crippen LogP contribution is 2.41. The van der Waals surface area contributed by atoms with Gasteiger partial charge in [-0.1, -0.05) is 17.7 Å². The SMILES string of the molecule is O=C(CNc1cccc2[nH]ccc12)NC1C(=O)N2C(C(=O)O)=C(Cl)CS[C@@H]12. The molecule has 140 valence electrons. The summed E-state index contributed by atoms with van der Waals surface area (Å²) in [5.41, 5.74) is 1.56. The number of anilines is 1. The molecular formula is C17H15ClN4O4S. The van der Waals surface area contributed by atoms with Gasteiger partial charge in [0.05, 0.1) is 11.6 Å². The van der Waals surface area contributed by atoms with E-state index in [0.29, 0.717) is 0 Å². The Bertz CT molecular complexity index is 988. The van der Waals surface area contributed by atoms with Gasteiger partial charge in [0, 0.05) is 28.5 Å². The molecule has 2 atom stereocenters. The summed E-state index contributed by atoms with van der Waals surface area (Å²) >= 11 is 7.26. The summed E-state index contributed by atoms with van der Waals surface area (Å²) in [4.78, 5) is 40.2. The Kier molecular flexibility index (Phi) is 4.48. The number of hydrogen-bond acceptors (Lipinski definition) is 5. The summed E-state index contributed by atoms with van der Waals surface area (Å²) in [5, 5.41) is 15.6. The van der Waals surface area contributed by atoms with Crippen molar-refractivity contribution in [1.82, 2.24) is 15.2 Å². The molecule has 0 spiro atoms. The van der Waals surface area contributed by atoms with Crippen LogP contribution in [0.3, 0.4) is 0 Å². The molecule has 2 aliphatic heterocycles. The lowest BCUT2D eigenvalue weighted by atomic mass is 10.1. The minimum atomic E-state index is -1.25. The number of aliphatic carboxylic acids is 1. The Hall–Kier alpha value is -2.65. The van der Waals surface area contributed by atoms with Crippen LogP contribution in [-0.4, -0.2) is 56.5 Å². The summed E-state index contributed by atoms with van der Waals surface area (Å²) in [5.74, 6) is -1.77. The van der Waals surface area contributed by atoms with Crippen LogP contribution < -0.4 is 10.6 Å². The maximum absolute atomic E-state index is 12.3. The summed E-state index contributed by atoms with van der Waals surface area (Å²) < 4.78 is 0. The number of halogens is 1. The fourth-order valence-corrected chi connectivity index (χ4v) is 4.77. The third-order valence-electron chi connectivity index (χ3n) is 4.48. The number of thioether (sulfide) groups is 1. The standard InChI is InChI=1S/C17H15ClN4O4S/c18-9-7-27-16-13(15(24)22(16)14(9)17(25)26)21-12(23)6-20-11-3-1-2-10-8(11)4-5-19-10/h1-5,13,16,19-20H,6-7H2,(H,21,23)(H,25,26)/t13?,16-/m0/s1. The van der Waals surface area contributed by atoms with Crippen molar-refractivity contribution in [2.75, 3.05) is 17.6 Å². The van der Waals surface area contributed by atoms with Crippen LogP contribution in [0.1, 0.15) is 0 Å². The van der Waals surface area contributed by atoms with Crippen LogP contribution in [-0.2, 0) is 14.4 Å². The van der Waals surface area contributed by atoms with Gasteiger partial charge in [0.2, 0.25) is 5.91 Å². The molecule has 1 aromatic heterocycles. The maximum Gasteiger partial charge on any atom is 0.353 e. The van der Waals surface area contributed by atoms with E-state index in [2.05, 4.69) is 15.6 Å². The normalized spacial score (nSPS) is 21.7. The summed E-state index contributed by atoms with van der Waals surface area (Å²) in [7, 11) is 0. The number of carboxylic acids is 1. The monoisotopic (exact) mass is 406 g/mol. The van der Waals surface area contributed by atoms with E-state index < -0.39 is 23.3 Å². The Morgan fingerprint density at radius 1 is 1.37 bits per heavy atom. The van der Waals surface area contributed by atoms with E-state index in [-0.39, 0.29) is 28.9 Å². The highest BCUT2D eigenvalue weighted by molar-refractivity contribution is 8.00. The number of benzene rings is 1. The summed E-state index contributed by atoms with van der Waals surface area (Å²) in [6, 6.07) is 6.81. The third kappa shape index (κ3) is 3.02. The molecule has 1 unspecified atom stereocenters. The maximum atomic E-state index is 12.3. The van der Waals surface area contributed by atoms with Gasteiger partial charge in [-0.2, -0.15) is 0 Å². The largest absolute Gasteiger partial charge is 0.477 e. The molecule has 0 aliphatic carbocycles. The zero-order valence-corrected chi connectivity index (χ0v) is 15.4. The van der Waals surface area contributed by atoms with Gasteiger partial charge in [0.25, 0.3) is 5.91 Å². The lowest BCUT2D eigenvalue weighted by Gasteiger charge is -2.48. The van der Waals surface area contributed by atoms with Gasteiger partial charge >= 0.3 is 5.97 Å². The first-order valence-electron chi connectivity index (χ1n) is 8.13. The fourth-order valence-electron chi connectivity index (χ4n) is 3.22. The molecule has 3 heterocycles. The smallest absolute Gasteiger partial charge is 0.353 e. The molecule has 0 bridgehead atoms. The first-order chi connectivity index (χ1) is 13.0. The molecule has 2 amide bonds. The van der Waals surface area contributed by atoms with Crippen LogP contribution in [0.4, 0.5) is 5.69 Å². The molecule has 1 fully saturated rings. The van der Waals surface area contributed by atoms with Gasteiger partial charge in [0.1, 0.15) is 17.1 Å². The van der Waals surface area contributed by atoms with Gasteiger partial charge in [-0.25, -0.2) is 4.79 Å². The second-order valence-electron chi connectivity index (χ2n) is 6.11. The summed E-state index contributed by atoms with van der Waals surface area (Å²) in [6.07, 6.45) is 1.82. The Labute approximate surface area is 162 Å². The van der Waals surface area contributed by atoms with E-state index in [1.807, 2.05) is 30.5 Å². The van der Waals surface area contributed by atoms with E-state index in [1.165, 1.54) is 11.8 Å². The zero-order valence-electron chi connectivity index (χ0n) is 13.9. The average molecular weight is 407 g/mol. The number of amides is 2. The van der Waals surface area contributed by atoms with Crippen molar-refractivity contribution in [3.05, 3.63) is 41.2 Å². The van der Waals surface area contributed by atoms with Crippen LogP contribution in [0.15, 0.2) is 41.2 Å². The quantitative estimate of drug-likeness (QED) is 0.560. The van der Waals surface area contributed by atoms with Gasteiger partial charge in [0.15, 0.2) is 0 Å². The molecule has 8 nitrogen and oxygen atoms in total. The number of fused-ring (bicyclic) bond motifs is 2. The van der Waals surface area contributed by atoms with Crippen molar-refractivity contribution >= 4 is 57.7 Å². The second-order valence-corrected chi connectivity index (χ2v) is 7.67. The minimum Gasteiger partial charge on any atom is -0.477 e. The van der Waals surface area contributed by atoms with Crippen LogP contribution in [0.25, 0.3) is 10.9 Å². The number of nitrogens with zero attached hydrogens (tertiary/aromatic N) is 1. The van der Waals surface area contributed by atoms with Gasteiger partial charge < -0.3 is 20.7 Å². The van der Waals surface area contributed by atoms with E-state index >= 15 is 0 Å². The number of β-lactam (4-membered cyclic amide) rings is 1. The van der Waals surface area contributed by atoms with E-state index in [9.17, 15) is 19.5 Å².